The Hall–Kier alpha value is -4.89. The van der Waals surface area contributed by atoms with Gasteiger partial charge < -0.3 is 14.6 Å². The van der Waals surface area contributed by atoms with Crippen LogP contribution in [0.3, 0.4) is 0 Å². The standard InChI is InChI=1S/C35H31BF4N2O2/c1-5-26-28(7-3)34(41-30(26)19-13-22-9-15-24(37)16-10-22)32(43)21-33(44-36(39)40)35-29(8-4)27(6-2)31(42-35)20-14-23-11-17-25(38)18-12-23/h9-12,15-18,21,41-42H,5-8H2,1-4H3/b33-21+. The number of aromatic amines is 2. The average Bonchev–Trinajstić information content (AvgIpc) is 3.57. The minimum Gasteiger partial charge on any atom is -0.503 e. The van der Waals surface area contributed by atoms with Gasteiger partial charge in [-0.3, -0.25) is 4.79 Å². The molecule has 0 aliphatic rings. The smallest absolute Gasteiger partial charge is 0.503 e. The van der Waals surface area contributed by atoms with Crippen LogP contribution in [-0.2, 0) is 30.3 Å². The highest BCUT2D eigenvalue weighted by molar-refractivity contribution is 6.36. The van der Waals surface area contributed by atoms with Crippen LogP contribution in [0.25, 0.3) is 5.76 Å². The predicted octanol–water partition coefficient (Wildman–Crippen LogP) is 7.83. The van der Waals surface area contributed by atoms with Crippen molar-refractivity contribution in [2.75, 3.05) is 0 Å². The molecule has 4 rings (SSSR count). The summed E-state index contributed by atoms with van der Waals surface area (Å²) < 4.78 is 59.0. The van der Waals surface area contributed by atoms with E-state index >= 15 is 0 Å². The molecular weight excluding hydrogens is 567 g/mol. The molecule has 4 nitrogen and oxygen atoms in total. The summed E-state index contributed by atoms with van der Waals surface area (Å²) in [4.78, 5) is 19.9. The molecule has 0 saturated heterocycles. The maximum Gasteiger partial charge on any atom is 0.796 e. The molecule has 44 heavy (non-hydrogen) atoms. The maximum atomic E-state index is 13.7. The Bertz CT molecular complexity index is 1800. The van der Waals surface area contributed by atoms with Gasteiger partial charge in [-0.1, -0.05) is 39.5 Å². The molecule has 2 N–H and O–H groups in total. The molecule has 0 fully saturated rings. The van der Waals surface area contributed by atoms with E-state index in [1.807, 2.05) is 27.7 Å². The molecule has 0 aliphatic heterocycles. The average molecular weight is 598 g/mol. The number of H-pyrrole nitrogens is 2. The lowest BCUT2D eigenvalue weighted by Crippen LogP contribution is -2.09. The summed E-state index contributed by atoms with van der Waals surface area (Å²) in [6, 6.07) is 11.5. The first-order valence-corrected chi connectivity index (χ1v) is 14.4. The SMILES string of the molecule is CCc1c(C#Cc2ccc(F)cc2)[nH]c(C(=O)/C=C(/OB(F)F)c2[nH]c(C#Cc3ccc(F)cc3)c(CC)c2CC)c1CC. The lowest BCUT2D eigenvalue weighted by molar-refractivity contribution is 0.104. The molecule has 224 valence electrons. The van der Waals surface area contributed by atoms with E-state index in [1.165, 1.54) is 24.3 Å². The van der Waals surface area contributed by atoms with Gasteiger partial charge in [-0.2, -0.15) is 0 Å². The summed E-state index contributed by atoms with van der Waals surface area (Å²) in [5, 5.41) is 0. The van der Waals surface area contributed by atoms with Crippen molar-refractivity contribution in [3.8, 4) is 23.7 Å². The fourth-order valence-electron chi connectivity index (χ4n) is 5.14. The van der Waals surface area contributed by atoms with Gasteiger partial charge in [0.25, 0.3) is 0 Å². The maximum absolute atomic E-state index is 13.7. The first kappa shape index (κ1) is 32.0. The molecule has 9 heteroatoms. The van der Waals surface area contributed by atoms with Crippen molar-refractivity contribution in [1.82, 2.24) is 9.97 Å². The monoisotopic (exact) mass is 598 g/mol. The number of nitrogens with one attached hydrogen (secondary N) is 2. The Morgan fingerprint density at radius 1 is 0.682 bits per heavy atom. The predicted molar refractivity (Wildman–Crippen MR) is 165 cm³/mol. The summed E-state index contributed by atoms with van der Waals surface area (Å²) in [5.74, 6) is 10.4. The van der Waals surface area contributed by atoms with Crippen LogP contribution in [0.4, 0.5) is 17.4 Å². The van der Waals surface area contributed by atoms with Crippen molar-refractivity contribution >= 4 is 19.0 Å². The van der Waals surface area contributed by atoms with Crippen molar-refractivity contribution < 1.29 is 26.9 Å². The zero-order valence-corrected chi connectivity index (χ0v) is 24.9. The minimum atomic E-state index is -3.18. The lowest BCUT2D eigenvalue weighted by Gasteiger charge is -2.10. The highest BCUT2D eigenvalue weighted by Gasteiger charge is 2.27. The largest absolute Gasteiger partial charge is 0.796 e. The van der Waals surface area contributed by atoms with Crippen LogP contribution in [0.5, 0.6) is 0 Å². The molecule has 0 radical (unpaired) electrons. The van der Waals surface area contributed by atoms with E-state index in [0.717, 1.165) is 22.8 Å². The summed E-state index contributed by atoms with van der Waals surface area (Å²) in [7, 11) is -3.18. The second kappa shape index (κ2) is 14.5. The number of ketones is 1. The van der Waals surface area contributed by atoms with Gasteiger partial charge in [-0.25, -0.2) is 17.4 Å². The van der Waals surface area contributed by atoms with Crippen molar-refractivity contribution in [2.24, 2.45) is 0 Å². The van der Waals surface area contributed by atoms with Gasteiger partial charge in [0.1, 0.15) is 17.4 Å². The third-order valence-electron chi connectivity index (χ3n) is 7.17. The van der Waals surface area contributed by atoms with Crippen LogP contribution in [0.2, 0.25) is 0 Å². The molecule has 2 aromatic heterocycles. The van der Waals surface area contributed by atoms with Crippen LogP contribution in [0.15, 0.2) is 54.6 Å². The molecule has 0 unspecified atom stereocenters. The van der Waals surface area contributed by atoms with Crippen LogP contribution in [-0.4, -0.2) is 23.2 Å². The Morgan fingerprint density at radius 3 is 1.50 bits per heavy atom. The van der Waals surface area contributed by atoms with Crippen molar-refractivity contribution in [1.29, 1.82) is 0 Å². The van der Waals surface area contributed by atoms with E-state index in [1.54, 1.807) is 24.3 Å². The fraction of sp³-hybridized carbons (Fsp3) is 0.229. The first-order chi connectivity index (χ1) is 21.2. The Balaban J connectivity index is 1.79. The van der Waals surface area contributed by atoms with Crippen LogP contribution < -0.4 is 0 Å². The number of hydrogen-bond acceptors (Lipinski definition) is 2. The quantitative estimate of drug-likeness (QED) is 0.0515. The summed E-state index contributed by atoms with van der Waals surface area (Å²) in [6.07, 6.45) is 3.17. The van der Waals surface area contributed by atoms with Gasteiger partial charge in [0.05, 0.1) is 22.8 Å². The first-order valence-electron chi connectivity index (χ1n) is 14.4. The van der Waals surface area contributed by atoms with Gasteiger partial charge in [-0.05, 0) is 108 Å². The van der Waals surface area contributed by atoms with E-state index in [-0.39, 0.29) is 28.8 Å². The number of halogens is 4. The zero-order chi connectivity index (χ0) is 31.8. The van der Waals surface area contributed by atoms with Crippen LogP contribution in [0.1, 0.15) is 88.6 Å². The van der Waals surface area contributed by atoms with Crippen molar-refractivity contribution in [2.45, 2.75) is 53.4 Å². The fourth-order valence-corrected chi connectivity index (χ4v) is 5.14. The summed E-state index contributed by atoms with van der Waals surface area (Å²) in [6.45, 7) is 7.64. The molecular formula is C35H31BF4N2O2. The topological polar surface area (TPSA) is 57.9 Å². The zero-order valence-electron chi connectivity index (χ0n) is 24.9. The van der Waals surface area contributed by atoms with Gasteiger partial charge in [0.15, 0.2) is 0 Å². The van der Waals surface area contributed by atoms with Gasteiger partial charge in [0.2, 0.25) is 5.78 Å². The molecule has 0 amide bonds. The molecule has 2 aromatic carbocycles. The van der Waals surface area contributed by atoms with Crippen LogP contribution in [0, 0.1) is 35.3 Å². The number of aromatic nitrogens is 2. The molecule has 0 bridgehead atoms. The third-order valence-corrected chi connectivity index (χ3v) is 7.17. The molecule has 4 aromatic rings. The Morgan fingerprint density at radius 2 is 1.09 bits per heavy atom. The number of hydrogen-bond donors (Lipinski definition) is 2. The number of carbonyl (C=O) groups is 1. The van der Waals surface area contributed by atoms with Gasteiger partial charge in [-0.15, -0.1) is 0 Å². The molecule has 0 atom stereocenters. The van der Waals surface area contributed by atoms with Crippen LogP contribution >= 0.6 is 0 Å². The lowest BCUT2D eigenvalue weighted by atomic mass is 10.00. The van der Waals surface area contributed by atoms with Gasteiger partial charge in [0, 0.05) is 17.2 Å². The molecule has 2 heterocycles. The number of carbonyl (C=O) groups excluding carboxylic acids is 1. The van der Waals surface area contributed by atoms with Crippen molar-refractivity contribution in [3.63, 3.8) is 0 Å². The minimum absolute atomic E-state index is 0.236. The number of allylic oxidation sites excluding steroid dienone is 1. The van der Waals surface area contributed by atoms with E-state index in [0.29, 0.717) is 53.8 Å². The molecule has 0 spiro atoms. The van der Waals surface area contributed by atoms with Gasteiger partial charge >= 0.3 is 7.47 Å². The Labute approximate surface area is 255 Å². The number of rotatable bonds is 9. The molecule has 0 saturated carbocycles. The van der Waals surface area contributed by atoms with E-state index in [9.17, 15) is 22.2 Å². The number of benzene rings is 2. The normalized spacial score (nSPS) is 11.0. The van der Waals surface area contributed by atoms with E-state index in [2.05, 4.69) is 33.6 Å². The summed E-state index contributed by atoms with van der Waals surface area (Å²) >= 11 is 0. The highest BCUT2D eigenvalue weighted by atomic mass is 19.2. The second-order valence-corrected chi connectivity index (χ2v) is 9.84. The highest BCUT2D eigenvalue weighted by Crippen LogP contribution is 2.29. The second-order valence-electron chi connectivity index (χ2n) is 9.84. The molecule has 0 aliphatic carbocycles. The Kier molecular flexibility index (Phi) is 10.6. The summed E-state index contributed by atoms with van der Waals surface area (Å²) in [5.41, 5.74) is 5.80. The van der Waals surface area contributed by atoms with E-state index < -0.39 is 13.3 Å². The third kappa shape index (κ3) is 7.36. The van der Waals surface area contributed by atoms with Crippen molar-refractivity contribution in [3.05, 3.63) is 122 Å². The van der Waals surface area contributed by atoms with E-state index in [4.69, 9.17) is 4.65 Å².